The molecule has 0 saturated carbocycles. The molecule has 6 aliphatic rings. The maximum Gasteiger partial charge on any atom is 0.290 e. The summed E-state index contributed by atoms with van der Waals surface area (Å²) in [5, 5.41) is 23.2. The van der Waals surface area contributed by atoms with Crippen molar-refractivity contribution in [1.29, 1.82) is 0 Å². The van der Waals surface area contributed by atoms with Gasteiger partial charge in [-0.3, -0.25) is 64.9 Å². The Kier molecular flexibility index (Phi) is 30.3. The van der Waals surface area contributed by atoms with Crippen molar-refractivity contribution in [2.45, 2.75) is 13.3 Å². The van der Waals surface area contributed by atoms with Gasteiger partial charge in [0.15, 0.2) is 39.7 Å². The number of carbonyl (C=O) groups excluding carboxylic acids is 8. The summed E-state index contributed by atoms with van der Waals surface area (Å²) in [4.78, 5) is 105. The van der Waals surface area contributed by atoms with Crippen LogP contribution >= 0.6 is 72.4 Å². The summed E-state index contributed by atoms with van der Waals surface area (Å²) < 4.78 is 50.8. The van der Waals surface area contributed by atoms with Crippen LogP contribution in [0.5, 0.6) is 11.5 Å². The monoisotopic (exact) mass is 1900 g/mol. The molecule has 6 aliphatic heterocycles. The van der Waals surface area contributed by atoms with Gasteiger partial charge in [0.05, 0.1) is 48.2 Å². The minimum absolute atomic E-state index is 0.00246. The van der Waals surface area contributed by atoms with Crippen molar-refractivity contribution in [3.8, 4) is 103 Å². The molecule has 0 bridgehead atoms. The maximum atomic E-state index is 11.6. The molecule has 0 unspecified atom stereocenters. The topological polar surface area (TPSA) is 371 Å². The van der Waals surface area contributed by atoms with Crippen LogP contribution in [0.3, 0.4) is 0 Å². The number of ketones is 1. The minimum atomic E-state index is -0.413. The lowest BCUT2D eigenvalue weighted by atomic mass is 10.0. The number of rotatable bonds is 18. The molecule has 9 N–H and O–H groups in total. The Morgan fingerprint density at radius 1 is 0.388 bits per heavy atom. The molecule has 6 aromatic heterocycles. The molecule has 6 saturated heterocycles. The van der Waals surface area contributed by atoms with E-state index in [9.17, 15) is 43.3 Å². The van der Waals surface area contributed by atoms with Gasteiger partial charge in [0.25, 0.3) is 45.7 Å². The van der Waals surface area contributed by atoms with Crippen LogP contribution in [0.1, 0.15) is 57.7 Å². The van der Waals surface area contributed by atoms with Gasteiger partial charge < -0.3 is 62.0 Å². The van der Waals surface area contributed by atoms with Crippen LogP contribution in [-0.2, 0) is 33.5 Å². The predicted molar refractivity (Wildman–Crippen MR) is 528 cm³/mol. The number of thioether (sulfide) groups is 2. The first-order chi connectivity index (χ1) is 64.7. The third-order valence-corrected chi connectivity index (χ3v) is 22.2. The summed E-state index contributed by atoms with van der Waals surface area (Å²) in [6.07, 6.45) is 15.2. The van der Waals surface area contributed by atoms with Crippen LogP contribution < -0.4 is 57.3 Å². The van der Waals surface area contributed by atoms with Gasteiger partial charge in [-0.25, -0.2) is 0 Å². The second kappa shape index (κ2) is 43.3. The van der Waals surface area contributed by atoms with E-state index in [2.05, 4.69) is 72.5 Å². The van der Waals surface area contributed by atoms with Crippen LogP contribution in [0.25, 0.3) is 121 Å². The highest BCUT2D eigenvalue weighted by Crippen LogP contribution is 2.37. The SMILES string of the molecule is C#Cc1ccc(-c2ccc(C=C3NC(=S)NC3=O)o2)cc1.C=C(OC)c1cccc(-c2ccc(C=C3NC(=S)NC3=O)o2)c1.COc1ccc(-c2ccc(C=C3SC(=O)NC3=O)o2)cc1OC.Cc1ccc(-c2ccc(C=C3NC(=S)NC3=O)o2)cc1[N+](C)=O.O=C1CC(=S)NC1=Cc1ccc(-c2ccccc2)o1.O=C1NC(=O)C(=Cc2ccc(-c3ccc(-c4ccccc4)cc3)o2)S1. The van der Waals surface area contributed by atoms with Gasteiger partial charge in [-0.15, -0.1) is 6.42 Å². The molecule has 0 aliphatic carbocycles. The van der Waals surface area contributed by atoms with Crippen molar-refractivity contribution >= 4 is 186 Å². The first-order valence-electron chi connectivity index (χ1n) is 40.2. The predicted octanol–water partition coefficient (Wildman–Crippen LogP) is 19.2. The van der Waals surface area contributed by atoms with Crippen LogP contribution in [-0.4, -0.2) is 99.3 Å². The Labute approximate surface area is 795 Å². The lowest BCUT2D eigenvalue weighted by Gasteiger charge is -2.08. The lowest BCUT2D eigenvalue weighted by molar-refractivity contribution is -0.428. The highest BCUT2D eigenvalue weighted by Gasteiger charge is 2.29. The van der Waals surface area contributed by atoms with E-state index in [1.165, 1.54) is 13.1 Å². The summed E-state index contributed by atoms with van der Waals surface area (Å²) in [5.41, 5.74) is 12.4. The van der Waals surface area contributed by atoms with Crippen LogP contribution in [0.2, 0.25) is 0 Å². The summed E-state index contributed by atoms with van der Waals surface area (Å²) in [5.74, 6) is 10.1. The summed E-state index contributed by atoms with van der Waals surface area (Å²) >= 11 is 21.3. The number of hydrogen-bond acceptors (Lipinski definition) is 24. The molecule has 19 rings (SSSR count). The van der Waals surface area contributed by atoms with Gasteiger partial charge in [-0.05, 0) is 187 Å². The zero-order valence-corrected chi connectivity index (χ0v) is 76.2. The number of hydrogen-bond donors (Lipinski definition) is 9. The number of thiocarbonyl (C=S) groups is 4. The number of nitrogens with one attached hydrogen (secondary N) is 9. The van der Waals surface area contributed by atoms with Crippen molar-refractivity contribution in [2.24, 2.45) is 0 Å². The van der Waals surface area contributed by atoms with E-state index in [1.54, 1.807) is 112 Å². The number of methoxy groups -OCH3 is 3. The number of amides is 7. The second-order valence-corrected chi connectivity index (χ2v) is 32.6. The van der Waals surface area contributed by atoms with Gasteiger partial charge in [0.1, 0.15) is 92.0 Å². The number of nitrogens with zero attached hydrogens (tertiary/aromatic N) is 1. The number of terminal acetylenes is 1. The standard InChI is InChI=1S/C20H13NO3S.C17H14N2O3S.C16H13N3O3S.C16H10N2O2S.C16H13NO5S.C15H11NO2S/c22-19-18(25-20(23)21-19)12-16-10-11-17(24-16)15-8-6-14(7-9-15)13-4-2-1-3-5-13;1-10(21-2)11-4-3-5-12(8-11)15-7-6-13(22-15)9-14-16(20)19-17(23)18-14;1-9-3-4-10(7-13(9)19(2)21)14-6-5-11(22-14)8-12-15(20)18-16(23)17-12;1-2-10-3-5-11(6-4-10)14-8-7-12(20-14)9-13-15(19)18-16(21)17-13;1-20-12-5-3-9(7-13(12)21-2)11-6-4-10(22-11)8-14-15(18)17-16(19)23-14;17-13-9-15(19)16-12(13)8-11-6-7-14(18-11)10-4-2-1-3-5-10/h1-12H,(H,21,22,23);3-9H,1H2,2H3,(H2,18,19,20,23);3-8H,1-2H3,(H-,17,18,20,23);1,3-9H,(H2,17,18,19,21);3-8H,1-2H3,(H,17,18,19);1-8H,9H2,(H,16,19)/p+1. The van der Waals surface area contributed by atoms with E-state index in [-0.39, 0.29) is 51.4 Å². The largest absolute Gasteiger partial charge is 0.497 e. The average molecular weight is 1900 g/mol. The van der Waals surface area contributed by atoms with E-state index in [0.717, 1.165) is 95.2 Å². The number of benzene rings is 7. The van der Waals surface area contributed by atoms with E-state index >= 15 is 0 Å². The molecule has 28 nitrogen and oxygen atoms in total. The van der Waals surface area contributed by atoms with Crippen LogP contribution in [0.15, 0.2) is 308 Å². The number of carbonyl (C=O) groups is 8. The number of furan rings is 6. The normalized spacial score (nSPS) is 15.8. The molecule has 13 aromatic rings. The number of imide groups is 2. The molecule has 7 amide bonds. The fraction of sp³-hybridized carbons (Fsp3) is 0.0600. The fourth-order valence-corrected chi connectivity index (χ4v) is 15.3. The Bertz CT molecular complexity index is 7120. The number of nitroso groups, excluding NO2 is 1. The van der Waals surface area contributed by atoms with Gasteiger partial charge in [0, 0.05) is 102 Å². The van der Waals surface area contributed by atoms with E-state index in [4.69, 9.17) is 96.0 Å². The molecule has 34 heteroatoms. The molecule has 7 aromatic carbocycles. The quantitative estimate of drug-likeness (QED) is 0.0127. The molecular weight excluding hydrogens is 1820 g/mol. The molecule has 0 spiro atoms. The fourth-order valence-electron chi connectivity index (χ4n) is 13.1. The van der Waals surface area contributed by atoms with E-state index < -0.39 is 5.91 Å². The van der Waals surface area contributed by atoms with Crippen LogP contribution in [0.4, 0.5) is 15.3 Å². The highest BCUT2D eigenvalue weighted by atomic mass is 32.2. The number of aryl methyl sites for hydroxylation is 1. The van der Waals surface area contributed by atoms with Gasteiger partial charge in [-0.1, -0.05) is 152 Å². The zero-order valence-electron chi connectivity index (χ0n) is 71.3. The smallest absolute Gasteiger partial charge is 0.290 e. The first kappa shape index (κ1) is 93.7. The van der Waals surface area contributed by atoms with E-state index in [0.29, 0.717) is 134 Å². The molecule has 134 heavy (non-hydrogen) atoms. The maximum absolute atomic E-state index is 11.6. The average Bonchev–Trinajstić information content (AvgIpc) is 1.81. The van der Waals surface area contributed by atoms with Gasteiger partial charge in [0.2, 0.25) is 0 Å². The molecule has 668 valence electrons. The minimum Gasteiger partial charge on any atom is -0.497 e. The Morgan fingerprint density at radius 2 is 0.746 bits per heavy atom. The molecule has 12 heterocycles. The van der Waals surface area contributed by atoms with Crippen LogP contribution in [0, 0.1) is 24.2 Å². The zero-order chi connectivity index (χ0) is 94.6. The van der Waals surface area contributed by atoms with Gasteiger partial charge >= 0.3 is 0 Å². The number of allylic oxidation sites excluding steroid dienone is 1. The first-order valence-corrected chi connectivity index (χ1v) is 43.5. The second-order valence-electron chi connectivity index (χ2n) is 28.8. The summed E-state index contributed by atoms with van der Waals surface area (Å²) in [6, 6.07) is 75.8. The summed E-state index contributed by atoms with van der Waals surface area (Å²) in [7, 11) is 6.17. The van der Waals surface area contributed by atoms with E-state index in [1.807, 2.05) is 177 Å². The third-order valence-electron chi connectivity index (χ3n) is 19.7. The molecule has 0 atom stereocenters. The Morgan fingerprint density at radius 3 is 1.13 bits per heavy atom. The number of Topliss-reactive ketones (excluding diaryl/α,β-unsaturated/α-hetero) is 1. The molecule has 0 radical (unpaired) electrons. The molecule has 6 fully saturated rings. The lowest BCUT2D eigenvalue weighted by Crippen LogP contribution is -2.21. The Balaban J connectivity index is 0.000000129. The molecular formula is C100H75N10O18S6+. The van der Waals surface area contributed by atoms with Crippen molar-refractivity contribution in [2.75, 3.05) is 28.4 Å². The number of ether oxygens (including phenoxy) is 3. The summed E-state index contributed by atoms with van der Waals surface area (Å²) in [6.45, 7) is 5.71. The van der Waals surface area contributed by atoms with Crippen molar-refractivity contribution < 1.29 is 83.8 Å². The van der Waals surface area contributed by atoms with Crippen molar-refractivity contribution in [3.05, 3.63) is 338 Å². The van der Waals surface area contributed by atoms with Crippen molar-refractivity contribution in [1.82, 2.24) is 47.9 Å². The highest BCUT2D eigenvalue weighted by molar-refractivity contribution is 8.18. The Hall–Kier alpha value is -16.4. The van der Waals surface area contributed by atoms with Gasteiger partial charge in [-0.2, -0.15) is 0 Å². The third kappa shape index (κ3) is 24.4. The van der Waals surface area contributed by atoms with Crippen molar-refractivity contribution in [3.63, 3.8) is 0 Å².